The molecule has 0 saturated carbocycles. The summed E-state index contributed by atoms with van der Waals surface area (Å²) < 4.78 is 0. The van der Waals surface area contributed by atoms with Crippen molar-refractivity contribution < 1.29 is 14.4 Å². The van der Waals surface area contributed by atoms with Gasteiger partial charge in [-0.2, -0.15) is 0 Å². The van der Waals surface area contributed by atoms with Crippen molar-refractivity contribution in [2.45, 2.75) is 18.4 Å². The molecular formula is C13H19N5O3. The Morgan fingerprint density at radius 1 is 0.952 bits per heavy atom. The van der Waals surface area contributed by atoms with Gasteiger partial charge in [-0.3, -0.25) is 34.0 Å². The Morgan fingerprint density at radius 2 is 1.43 bits per heavy atom. The van der Waals surface area contributed by atoms with E-state index in [1.165, 1.54) is 0 Å². The van der Waals surface area contributed by atoms with Crippen LogP contribution in [0.15, 0.2) is 0 Å². The Morgan fingerprint density at radius 3 is 1.90 bits per heavy atom. The summed E-state index contributed by atoms with van der Waals surface area (Å²) in [6.45, 7) is 5.25. The minimum atomic E-state index is -0.266. The van der Waals surface area contributed by atoms with E-state index in [2.05, 4.69) is 20.0 Å². The maximum Gasteiger partial charge on any atom is 0.240 e. The van der Waals surface area contributed by atoms with Gasteiger partial charge in [-0.15, -0.1) is 0 Å². The quantitative estimate of drug-likeness (QED) is 0.596. The van der Waals surface area contributed by atoms with Crippen LogP contribution in [-0.4, -0.2) is 89.0 Å². The van der Waals surface area contributed by atoms with Crippen LogP contribution in [0.3, 0.4) is 0 Å². The number of carbonyl (C=O) groups is 3. The molecule has 1 N–H and O–H groups in total. The highest BCUT2D eigenvalue weighted by Crippen LogP contribution is 2.28. The average Bonchev–Trinajstić information content (AvgIpc) is 2.68. The fraction of sp³-hybridized carbons (Fsp3) is 0.769. The van der Waals surface area contributed by atoms with E-state index < -0.39 is 0 Å². The summed E-state index contributed by atoms with van der Waals surface area (Å²) in [5.74, 6) is -0.710. The Hall–Kier alpha value is -1.51. The number of carbonyl (C=O) groups excluding carboxylic acids is 3. The van der Waals surface area contributed by atoms with Crippen LogP contribution in [0.1, 0.15) is 12.8 Å². The van der Waals surface area contributed by atoms with Crippen molar-refractivity contribution in [1.29, 1.82) is 0 Å². The molecule has 5 saturated heterocycles. The minimum Gasteiger partial charge on any atom is -0.345 e. The molecular weight excluding hydrogens is 274 g/mol. The van der Waals surface area contributed by atoms with Crippen molar-refractivity contribution in [3.63, 3.8) is 0 Å². The van der Waals surface area contributed by atoms with Gasteiger partial charge in [-0.05, 0) is 0 Å². The maximum atomic E-state index is 12.3. The molecule has 0 unspecified atom stereocenters. The van der Waals surface area contributed by atoms with E-state index in [-0.39, 0.29) is 42.6 Å². The molecule has 0 aromatic rings. The highest BCUT2D eigenvalue weighted by atomic mass is 16.2. The fourth-order valence-electron chi connectivity index (χ4n) is 4.11. The summed E-state index contributed by atoms with van der Waals surface area (Å²) in [7, 11) is 0. The van der Waals surface area contributed by atoms with Gasteiger partial charge in [-0.25, -0.2) is 0 Å². The SMILES string of the molecule is O=C(CN1C(=O)CCC1=O)NC12CN3CN(CN(C3)C1)C2. The van der Waals surface area contributed by atoms with Crippen LogP contribution in [0, 0.1) is 0 Å². The van der Waals surface area contributed by atoms with Gasteiger partial charge in [0.2, 0.25) is 17.7 Å². The number of nitrogens with zero attached hydrogens (tertiary/aromatic N) is 4. The van der Waals surface area contributed by atoms with Crippen molar-refractivity contribution in [3.8, 4) is 0 Å². The molecule has 5 aliphatic heterocycles. The van der Waals surface area contributed by atoms with E-state index in [1.807, 2.05) is 0 Å². The molecule has 0 spiro atoms. The monoisotopic (exact) mass is 293 g/mol. The summed E-state index contributed by atoms with van der Waals surface area (Å²) in [5.41, 5.74) is -0.266. The van der Waals surface area contributed by atoms with Gasteiger partial charge in [0.15, 0.2) is 0 Å². The number of nitrogens with one attached hydrogen (secondary N) is 1. The first kappa shape index (κ1) is 13.2. The van der Waals surface area contributed by atoms with E-state index in [1.54, 1.807) is 0 Å². The van der Waals surface area contributed by atoms with Crippen molar-refractivity contribution in [2.24, 2.45) is 0 Å². The van der Waals surface area contributed by atoms with E-state index in [0.717, 1.165) is 44.5 Å². The fourth-order valence-corrected chi connectivity index (χ4v) is 4.11. The van der Waals surface area contributed by atoms with Crippen LogP contribution >= 0.6 is 0 Å². The third kappa shape index (κ3) is 2.23. The van der Waals surface area contributed by atoms with Gasteiger partial charge >= 0.3 is 0 Å². The second-order valence-corrected chi connectivity index (χ2v) is 6.61. The molecule has 4 bridgehead atoms. The van der Waals surface area contributed by atoms with Crippen molar-refractivity contribution >= 4 is 17.7 Å². The van der Waals surface area contributed by atoms with Gasteiger partial charge in [0.1, 0.15) is 6.54 Å². The Balaban J connectivity index is 1.42. The van der Waals surface area contributed by atoms with E-state index >= 15 is 0 Å². The molecule has 21 heavy (non-hydrogen) atoms. The zero-order valence-corrected chi connectivity index (χ0v) is 11.9. The summed E-state index contributed by atoms with van der Waals surface area (Å²) in [6.07, 6.45) is 0.458. The minimum absolute atomic E-state index is 0.139. The molecule has 0 atom stereocenters. The molecule has 0 aromatic carbocycles. The van der Waals surface area contributed by atoms with Crippen LogP contribution in [-0.2, 0) is 14.4 Å². The lowest BCUT2D eigenvalue weighted by atomic mass is 9.91. The van der Waals surface area contributed by atoms with Crippen molar-refractivity contribution in [3.05, 3.63) is 0 Å². The normalized spacial score (nSPS) is 41.0. The third-order valence-corrected chi connectivity index (χ3v) is 4.64. The van der Waals surface area contributed by atoms with E-state index in [9.17, 15) is 14.4 Å². The predicted molar refractivity (Wildman–Crippen MR) is 71.5 cm³/mol. The Kier molecular flexibility index (Phi) is 2.82. The van der Waals surface area contributed by atoms with Crippen molar-refractivity contribution in [1.82, 2.24) is 24.9 Å². The number of likely N-dealkylation sites (tertiary alicyclic amines) is 1. The molecule has 0 aliphatic carbocycles. The van der Waals surface area contributed by atoms with Gasteiger partial charge in [0.05, 0.1) is 25.5 Å². The molecule has 8 heteroatoms. The topological polar surface area (TPSA) is 76.2 Å². The number of hydrogen-bond donors (Lipinski definition) is 1. The largest absolute Gasteiger partial charge is 0.345 e. The number of rotatable bonds is 3. The summed E-state index contributed by atoms with van der Waals surface area (Å²) in [5, 5.41) is 3.08. The Labute approximate surface area is 122 Å². The van der Waals surface area contributed by atoms with Crippen LogP contribution in [0.5, 0.6) is 0 Å². The molecule has 5 fully saturated rings. The summed E-state index contributed by atoms with van der Waals surface area (Å²) >= 11 is 0. The number of imide groups is 1. The summed E-state index contributed by atoms with van der Waals surface area (Å²) in [6, 6.07) is 0. The van der Waals surface area contributed by atoms with Crippen LogP contribution in [0.4, 0.5) is 0 Å². The molecule has 3 amide bonds. The molecule has 5 rings (SSSR count). The third-order valence-electron chi connectivity index (χ3n) is 4.64. The van der Waals surface area contributed by atoms with Crippen LogP contribution < -0.4 is 5.32 Å². The zero-order valence-electron chi connectivity index (χ0n) is 11.9. The summed E-state index contributed by atoms with van der Waals surface area (Å²) in [4.78, 5) is 43.4. The first-order valence-corrected chi connectivity index (χ1v) is 7.34. The van der Waals surface area contributed by atoms with Gasteiger partial charge in [0.25, 0.3) is 0 Å². The standard InChI is InChI=1S/C13H19N5O3/c19-10(3-18-11(20)1-2-12(18)21)14-13-4-15-7-16(5-13)9-17(6-13)8-15/h1-9H2,(H,14,19). The molecule has 0 radical (unpaired) electrons. The first-order valence-electron chi connectivity index (χ1n) is 7.34. The smallest absolute Gasteiger partial charge is 0.240 e. The molecule has 0 aromatic heterocycles. The average molecular weight is 293 g/mol. The van der Waals surface area contributed by atoms with Crippen LogP contribution in [0.25, 0.3) is 0 Å². The Bertz CT molecular complexity index is 469. The van der Waals surface area contributed by atoms with E-state index in [0.29, 0.717) is 0 Å². The molecule has 8 nitrogen and oxygen atoms in total. The second-order valence-electron chi connectivity index (χ2n) is 6.61. The highest BCUT2D eigenvalue weighted by Gasteiger charge is 2.49. The maximum absolute atomic E-state index is 12.3. The molecule has 5 heterocycles. The number of amides is 3. The van der Waals surface area contributed by atoms with Gasteiger partial charge in [0, 0.05) is 32.5 Å². The first-order chi connectivity index (χ1) is 10.0. The molecule has 114 valence electrons. The lowest BCUT2D eigenvalue weighted by Gasteiger charge is -2.60. The van der Waals surface area contributed by atoms with Crippen LogP contribution in [0.2, 0.25) is 0 Å². The molecule has 5 aliphatic rings. The second kappa shape index (κ2) is 4.49. The number of hydrogen-bond acceptors (Lipinski definition) is 6. The highest BCUT2D eigenvalue weighted by molar-refractivity contribution is 6.04. The zero-order chi connectivity index (χ0) is 14.6. The lowest BCUT2D eigenvalue weighted by Crippen LogP contribution is -2.80. The van der Waals surface area contributed by atoms with E-state index in [4.69, 9.17) is 0 Å². The van der Waals surface area contributed by atoms with Gasteiger partial charge < -0.3 is 5.32 Å². The van der Waals surface area contributed by atoms with Crippen molar-refractivity contribution in [2.75, 3.05) is 46.2 Å². The lowest BCUT2D eigenvalue weighted by molar-refractivity contribution is -0.159. The predicted octanol–water partition coefficient (Wildman–Crippen LogP) is -2.19. The van der Waals surface area contributed by atoms with Gasteiger partial charge in [-0.1, -0.05) is 0 Å².